The zero-order valence-electron chi connectivity index (χ0n) is 15.3. The zero-order valence-corrected chi connectivity index (χ0v) is 15.3. The van der Waals surface area contributed by atoms with Gasteiger partial charge in [-0.25, -0.2) is 0 Å². The molecule has 1 aliphatic rings. The van der Waals surface area contributed by atoms with Crippen LogP contribution < -0.4 is 4.74 Å². The Bertz CT molecular complexity index is 926. The van der Waals surface area contributed by atoms with E-state index in [4.69, 9.17) is 4.74 Å². The molecule has 0 saturated heterocycles. The predicted octanol–water partition coefficient (Wildman–Crippen LogP) is 4.42. The van der Waals surface area contributed by atoms with Crippen LogP contribution in [0.2, 0.25) is 0 Å². The first-order valence-corrected chi connectivity index (χ1v) is 9.23. The number of aromatic nitrogens is 1. The van der Waals surface area contributed by atoms with Crippen molar-refractivity contribution in [1.82, 2.24) is 9.88 Å². The first-order chi connectivity index (χ1) is 13.2. The molecule has 1 atom stereocenters. The van der Waals surface area contributed by atoms with Crippen LogP contribution in [0.3, 0.4) is 0 Å². The number of pyridine rings is 1. The van der Waals surface area contributed by atoms with Gasteiger partial charge in [-0.3, -0.25) is 9.78 Å². The van der Waals surface area contributed by atoms with Crippen molar-refractivity contribution in [2.45, 2.75) is 25.9 Å². The Balaban J connectivity index is 1.71. The van der Waals surface area contributed by atoms with E-state index in [1.165, 1.54) is 0 Å². The minimum atomic E-state index is -0.0730. The van der Waals surface area contributed by atoms with Gasteiger partial charge in [0.2, 0.25) is 0 Å². The number of ether oxygens (including phenoxy) is 1. The molecular weight excluding hydrogens is 336 g/mol. The molecule has 136 valence electrons. The maximum Gasteiger partial charge on any atom is 0.258 e. The topological polar surface area (TPSA) is 42.4 Å². The van der Waals surface area contributed by atoms with E-state index in [-0.39, 0.29) is 11.9 Å². The number of rotatable bonds is 5. The average Bonchev–Trinajstić information content (AvgIpc) is 3.21. The van der Waals surface area contributed by atoms with E-state index in [0.29, 0.717) is 18.7 Å². The lowest BCUT2D eigenvalue weighted by Gasteiger charge is -2.30. The Kier molecular flexibility index (Phi) is 4.88. The fourth-order valence-corrected chi connectivity index (χ4v) is 3.52. The minimum Gasteiger partial charge on any atom is -0.492 e. The number of benzene rings is 2. The van der Waals surface area contributed by atoms with E-state index in [2.05, 4.69) is 24.0 Å². The third-order valence-corrected chi connectivity index (χ3v) is 5.03. The Labute approximate surface area is 159 Å². The van der Waals surface area contributed by atoms with Crippen molar-refractivity contribution in [3.63, 3.8) is 0 Å². The van der Waals surface area contributed by atoms with Gasteiger partial charge < -0.3 is 9.64 Å². The number of hydrogen-bond donors (Lipinski definition) is 0. The monoisotopic (exact) mass is 358 g/mol. The molecular formula is C23H22N2O2. The molecule has 27 heavy (non-hydrogen) atoms. The summed E-state index contributed by atoms with van der Waals surface area (Å²) in [6, 6.07) is 19.8. The summed E-state index contributed by atoms with van der Waals surface area (Å²) in [7, 11) is 0. The molecule has 3 aromatic rings. The lowest BCUT2D eigenvalue weighted by atomic mass is 10.0. The maximum absolute atomic E-state index is 13.5. The highest BCUT2D eigenvalue weighted by molar-refractivity contribution is 5.97. The van der Waals surface area contributed by atoms with Crippen molar-refractivity contribution >= 4 is 5.91 Å². The second-order valence-electron chi connectivity index (χ2n) is 6.77. The molecule has 0 bridgehead atoms. The summed E-state index contributed by atoms with van der Waals surface area (Å²) < 4.78 is 5.78. The largest absolute Gasteiger partial charge is 0.492 e. The van der Waals surface area contributed by atoms with E-state index in [1.54, 1.807) is 6.20 Å². The van der Waals surface area contributed by atoms with E-state index >= 15 is 0 Å². The van der Waals surface area contributed by atoms with Crippen LogP contribution in [0.1, 0.15) is 40.0 Å². The van der Waals surface area contributed by atoms with Crippen LogP contribution in [0.15, 0.2) is 73.1 Å². The predicted molar refractivity (Wildman–Crippen MR) is 105 cm³/mol. The van der Waals surface area contributed by atoms with Crippen LogP contribution >= 0.6 is 0 Å². The Morgan fingerprint density at radius 2 is 1.96 bits per heavy atom. The molecule has 2 heterocycles. The summed E-state index contributed by atoms with van der Waals surface area (Å²) in [5, 5.41) is 0. The van der Waals surface area contributed by atoms with Gasteiger partial charge in [0.05, 0.1) is 18.2 Å². The smallest absolute Gasteiger partial charge is 0.258 e. The van der Waals surface area contributed by atoms with Gasteiger partial charge >= 0.3 is 0 Å². The number of amides is 1. The molecule has 4 nitrogen and oxygen atoms in total. The van der Waals surface area contributed by atoms with Gasteiger partial charge in [-0.15, -0.1) is 0 Å². The van der Waals surface area contributed by atoms with Crippen molar-refractivity contribution in [3.8, 4) is 5.75 Å². The molecule has 0 aliphatic carbocycles. The molecule has 4 heteroatoms. The fourth-order valence-electron chi connectivity index (χ4n) is 3.52. The molecule has 0 unspecified atom stereocenters. The third kappa shape index (κ3) is 3.56. The van der Waals surface area contributed by atoms with Crippen molar-refractivity contribution in [2.24, 2.45) is 0 Å². The van der Waals surface area contributed by atoms with Gasteiger partial charge in [-0.1, -0.05) is 48.5 Å². The molecule has 0 N–H and O–H groups in total. The van der Waals surface area contributed by atoms with Crippen LogP contribution in [-0.2, 0) is 13.0 Å². The fraction of sp³-hybridized carbons (Fsp3) is 0.217. The maximum atomic E-state index is 13.5. The molecule has 0 saturated carbocycles. The molecule has 0 fully saturated rings. The normalized spacial score (nSPS) is 13.5. The standard InChI is InChI=1S/C23H22N2O2/c1-17(19-8-3-2-4-9-19)25(16-18-7-6-13-24-15-18)23(26)21-11-5-10-20-12-14-27-22(20)21/h2-11,13,15,17H,12,14,16H2,1H3/t17-/m0/s1. The van der Waals surface area contributed by atoms with Crippen molar-refractivity contribution in [3.05, 3.63) is 95.3 Å². The lowest BCUT2D eigenvalue weighted by molar-refractivity contribution is 0.0670. The quantitative estimate of drug-likeness (QED) is 0.678. The second kappa shape index (κ2) is 7.62. The number of carbonyl (C=O) groups excluding carboxylic acids is 1. The van der Waals surface area contributed by atoms with Gasteiger partial charge in [0, 0.05) is 25.4 Å². The van der Waals surface area contributed by atoms with Crippen LogP contribution in [0.5, 0.6) is 5.75 Å². The molecule has 2 aromatic carbocycles. The number of nitrogens with zero attached hydrogens (tertiary/aromatic N) is 2. The molecule has 0 radical (unpaired) electrons. The summed E-state index contributed by atoms with van der Waals surface area (Å²) in [6.45, 7) is 3.19. The summed E-state index contributed by atoms with van der Waals surface area (Å²) in [5.74, 6) is 0.716. The summed E-state index contributed by atoms with van der Waals surface area (Å²) in [6.07, 6.45) is 4.41. The second-order valence-corrected chi connectivity index (χ2v) is 6.77. The lowest BCUT2D eigenvalue weighted by Crippen LogP contribution is -2.33. The minimum absolute atomic E-state index is 0.0195. The third-order valence-electron chi connectivity index (χ3n) is 5.03. The molecule has 1 aromatic heterocycles. The first kappa shape index (κ1) is 17.3. The highest BCUT2D eigenvalue weighted by atomic mass is 16.5. The zero-order chi connectivity index (χ0) is 18.6. The Morgan fingerprint density at radius 1 is 1.11 bits per heavy atom. The van der Waals surface area contributed by atoms with Gasteiger partial charge in [0.15, 0.2) is 0 Å². The number of fused-ring (bicyclic) bond motifs is 1. The van der Waals surface area contributed by atoms with Gasteiger partial charge in [-0.05, 0) is 35.7 Å². The summed E-state index contributed by atoms with van der Waals surface area (Å²) >= 11 is 0. The molecule has 0 spiro atoms. The highest BCUT2D eigenvalue weighted by Crippen LogP contribution is 2.33. The van der Waals surface area contributed by atoms with Crippen LogP contribution in [0, 0.1) is 0 Å². The van der Waals surface area contributed by atoms with E-state index in [1.807, 2.05) is 59.6 Å². The Hall–Kier alpha value is -3.14. The number of para-hydroxylation sites is 1. The van der Waals surface area contributed by atoms with Crippen molar-refractivity contribution in [2.75, 3.05) is 6.61 Å². The highest BCUT2D eigenvalue weighted by Gasteiger charge is 2.28. The van der Waals surface area contributed by atoms with Gasteiger partial charge in [0.25, 0.3) is 5.91 Å². The first-order valence-electron chi connectivity index (χ1n) is 9.23. The van der Waals surface area contributed by atoms with E-state index < -0.39 is 0 Å². The molecule has 1 amide bonds. The molecule has 4 rings (SSSR count). The average molecular weight is 358 g/mol. The summed E-state index contributed by atoms with van der Waals surface area (Å²) in [5.41, 5.74) is 3.84. The van der Waals surface area contributed by atoms with Crippen molar-refractivity contribution < 1.29 is 9.53 Å². The number of carbonyl (C=O) groups is 1. The van der Waals surface area contributed by atoms with Crippen molar-refractivity contribution in [1.29, 1.82) is 0 Å². The van der Waals surface area contributed by atoms with E-state index in [9.17, 15) is 4.79 Å². The summed E-state index contributed by atoms with van der Waals surface area (Å²) in [4.78, 5) is 19.6. The van der Waals surface area contributed by atoms with Gasteiger partial charge in [0.1, 0.15) is 5.75 Å². The van der Waals surface area contributed by atoms with Crippen LogP contribution in [0.4, 0.5) is 0 Å². The molecule has 1 aliphatic heterocycles. The number of hydrogen-bond acceptors (Lipinski definition) is 3. The Morgan fingerprint density at radius 3 is 2.74 bits per heavy atom. The SMILES string of the molecule is C[C@@H](c1ccccc1)N(Cc1cccnc1)C(=O)c1cccc2c1OCC2. The van der Waals surface area contributed by atoms with E-state index in [0.717, 1.165) is 28.9 Å². The van der Waals surface area contributed by atoms with Gasteiger partial charge in [-0.2, -0.15) is 0 Å². The van der Waals surface area contributed by atoms with Crippen LogP contribution in [-0.4, -0.2) is 22.4 Å². The van der Waals surface area contributed by atoms with Crippen LogP contribution in [0.25, 0.3) is 0 Å².